The van der Waals surface area contributed by atoms with Crippen LogP contribution >= 0.6 is 0 Å². The number of hydrogen-bond acceptors (Lipinski definition) is 6. The fourth-order valence-corrected chi connectivity index (χ4v) is 3.45. The summed E-state index contributed by atoms with van der Waals surface area (Å²) in [6.07, 6.45) is -0.216. The molecule has 0 unspecified atom stereocenters. The Hall–Kier alpha value is -3.57. The summed E-state index contributed by atoms with van der Waals surface area (Å²) in [7, 11) is -2.62. The van der Waals surface area contributed by atoms with Gasteiger partial charge < -0.3 is 4.74 Å². The van der Waals surface area contributed by atoms with Crippen LogP contribution in [0.1, 0.15) is 18.2 Å². The van der Waals surface area contributed by atoms with Gasteiger partial charge in [-0.3, -0.25) is 19.7 Å². The maximum Gasteiger partial charge on any atom is 0.311 e. The molecule has 0 spiro atoms. The van der Waals surface area contributed by atoms with Crippen molar-refractivity contribution in [3.8, 4) is 5.69 Å². The normalized spacial score (nSPS) is 12.1. The van der Waals surface area contributed by atoms with Crippen molar-refractivity contribution in [1.29, 1.82) is 0 Å². The fraction of sp³-hybridized carbons (Fsp3) is 0.150. The summed E-state index contributed by atoms with van der Waals surface area (Å²) >= 11 is 0. The second-order valence-corrected chi connectivity index (χ2v) is 8.13. The average Bonchev–Trinajstić information content (AvgIpc) is 3.04. The predicted octanol–water partition coefficient (Wildman–Crippen LogP) is 1.81. The largest absolute Gasteiger partial charge is 0.469 e. The zero-order valence-electron chi connectivity index (χ0n) is 16.6. The molecule has 31 heavy (non-hydrogen) atoms. The average molecular weight is 446 g/mol. The first-order valence-corrected chi connectivity index (χ1v) is 10.5. The van der Waals surface area contributed by atoms with E-state index >= 15 is 0 Å². The molecular weight excluding hydrogens is 427 g/mol. The molecule has 162 valence electrons. The van der Waals surface area contributed by atoms with Crippen molar-refractivity contribution in [2.75, 3.05) is 7.11 Å². The molecule has 3 N–H and O–H groups in total. The molecule has 11 heteroatoms. The number of aromatic amines is 1. The molecule has 0 aliphatic rings. The molecule has 3 aromatic rings. The number of carbonyl (C=O) groups is 1. The molecule has 0 amide bonds. The van der Waals surface area contributed by atoms with Crippen molar-refractivity contribution in [1.82, 2.24) is 9.78 Å². The van der Waals surface area contributed by atoms with E-state index in [2.05, 4.69) is 10.1 Å². The molecule has 0 aliphatic carbocycles. The molecule has 1 aromatic heterocycles. The van der Waals surface area contributed by atoms with Gasteiger partial charge in [0.05, 0.1) is 46.8 Å². The Morgan fingerprint density at radius 2 is 1.77 bits per heavy atom. The van der Waals surface area contributed by atoms with Crippen LogP contribution in [0.25, 0.3) is 5.69 Å². The number of ether oxygens (including phenoxy) is 1. The number of methoxy groups -OCH3 is 1. The van der Waals surface area contributed by atoms with E-state index in [-0.39, 0.29) is 28.3 Å². The van der Waals surface area contributed by atoms with Crippen LogP contribution < -0.4 is 10.7 Å². The third-order valence-electron chi connectivity index (χ3n) is 4.42. The first kappa shape index (κ1) is 22.1. The van der Waals surface area contributed by atoms with Crippen LogP contribution in [0.4, 0.5) is 10.1 Å². The smallest absolute Gasteiger partial charge is 0.311 e. The lowest BCUT2D eigenvalue weighted by Crippen LogP contribution is -2.20. The number of aromatic nitrogens is 2. The monoisotopic (exact) mass is 446 g/mol. The van der Waals surface area contributed by atoms with Crippen LogP contribution in [0.3, 0.4) is 0 Å². The lowest BCUT2D eigenvalue weighted by atomic mass is 10.1. The van der Waals surface area contributed by atoms with Gasteiger partial charge in [0, 0.05) is 0 Å². The fourth-order valence-electron chi connectivity index (χ4n) is 2.93. The first-order valence-electron chi connectivity index (χ1n) is 8.95. The number of nitrogens with zero attached hydrogens (tertiary/aromatic N) is 2. The second kappa shape index (κ2) is 8.66. The number of halogens is 1. The van der Waals surface area contributed by atoms with Crippen molar-refractivity contribution >= 4 is 27.4 Å². The van der Waals surface area contributed by atoms with Crippen molar-refractivity contribution < 1.29 is 22.3 Å². The van der Waals surface area contributed by atoms with Crippen LogP contribution in [0.2, 0.25) is 0 Å². The van der Waals surface area contributed by atoms with Gasteiger partial charge in [-0.2, -0.15) is 0 Å². The molecule has 0 saturated carbocycles. The van der Waals surface area contributed by atoms with Crippen LogP contribution in [0.15, 0.2) is 63.2 Å². The van der Waals surface area contributed by atoms with Gasteiger partial charge in [-0.15, -0.1) is 0 Å². The third-order valence-corrected chi connectivity index (χ3v) is 5.35. The number of carbonyl (C=O) groups excluding carboxylic acids is 1. The zero-order chi connectivity index (χ0) is 22.8. The third kappa shape index (κ3) is 4.95. The van der Waals surface area contributed by atoms with Gasteiger partial charge in [0.2, 0.25) is 10.0 Å². The lowest BCUT2D eigenvalue weighted by molar-refractivity contribution is -0.139. The van der Waals surface area contributed by atoms with E-state index in [1.165, 1.54) is 60.3 Å². The molecule has 0 fully saturated rings. The Morgan fingerprint density at radius 3 is 2.32 bits per heavy atom. The van der Waals surface area contributed by atoms with Crippen molar-refractivity contribution in [3.63, 3.8) is 0 Å². The van der Waals surface area contributed by atoms with Gasteiger partial charge in [-0.25, -0.2) is 22.6 Å². The zero-order valence-corrected chi connectivity index (χ0v) is 17.4. The van der Waals surface area contributed by atoms with Gasteiger partial charge in [0.15, 0.2) is 0 Å². The summed E-state index contributed by atoms with van der Waals surface area (Å²) in [6.45, 7) is 1.58. The molecule has 0 saturated heterocycles. The molecule has 2 aromatic carbocycles. The highest BCUT2D eigenvalue weighted by molar-refractivity contribution is 7.89. The number of rotatable bonds is 6. The topological polar surface area (TPSA) is 137 Å². The van der Waals surface area contributed by atoms with Crippen LogP contribution in [-0.2, 0) is 26.0 Å². The van der Waals surface area contributed by atoms with Gasteiger partial charge in [0.25, 0.3) is 5.56 Å². The Bertz CT molecular complexity index is 1310. The molecule has 3 rings (SSSR count). The van der Waals surface area contributed by atoms with Gasteiger partial charge >= 0.3 is 5.97 Å². The first-order chi connectivity index (χ1) is 14.6. The second-order valence-electron chi connectivity index (χ2n) is 6.57. The number of primary sulfonamides is 1. The highest BCUT2D eigenvalue weighted by atomic mass is 32.2. The van der Waals surface area contributed by atoms with Crippen molar-refractivity contribution in [3.05, 3.63) is 76.0 Å². The number of H-pyrrole nitrogens is 1. The quantitative estimate of drug-likeness (QED) is 0.440. The summed E-state index contributed by atoms with van der Waals surface area (Å²) < 4.78 is 41.9. The molecule has 0 atom stereocenters. The molecule has 0 radical (unpaired) electrons. The molecule has 0 bridgehead atoms. The minimum Gasteiger partial charge on any atom is -0.469 e. The molecule has 1 heterocycles. The SMILES string of the molecule is COC(=O)Cc1[nH]n(-c2ccc(F)cc2)c(=O)c1C(C)=Nc1ccc(S(N)(=O)=O)cc1. The minimum absolute atomic E-state index is 0.0733. The summed E-state index contributed by atoms with van der Waals surface area (Å²) in [5, 5.41) is 7.94. The van der Waals surface area contributed by atoms with Gasteiger partial charge in [0.1, 0.15) is 5.82 Å². The predicted molar refractivity (Wildman–Crippen MR) is 112 cm³/mol. The standard InChI is InChI=1S/C20H19FN4O5S/c1-12(23-14-5-9-16(10-6-14)31(22,28)29)19-17(11-18(26)30-2)24-25(20(19)27)15-7-3-13(21)4-8-15/h3-10,24H,11H2,1-2H3,(H2,22,28,29). The van der Waals surface area contributed by atoms with E-state index in [0.717, 1.165) is 0 Å². The summed E-state index contributed by atoms with van der Waals surface area (Å²) in [6, 6.07) is 10.7. The Kier molecular flexibility index (Phi) is 6.18. The summed E-state index contributed by atoms with van der Waals surface area (Å²) in [5.74, 6) is -1.03. The van der Waals surface area contributed by atoms with E-state index in [9.17, 15) is 22.4 Å². The number of nitrogens with one attached hydrogen (secondary N) is 1. The van der Waals surface area contributed by atoms with E-state index < -0.39 is 27.4 Å². The van der Waals surface area contributed by atoms with E-state index in [1.807, 2.05) is 0 Å². The van der Waals surface area contributed by atoms with Gasteiger partial charge in [-0.05, 0) is 55.5 Å². The highest BCUT2D eigenvalue weighted by Crippen LogP contribution is 2.18. The van der Waals surface area contributed by atoms with Crippen molar-refractivity contribution in [2.45, 2.75) is 18.2 Å². The van der Waals surface area contributed by atoms with Crippen molar-refractivity contribution in [2.24, 2.45) is 10.1 Å². The maximum absolute atomic E-state index is 13.3. The number of aliphatic imine (C=N–C) groups is 1. The van der Waals surface area contributed by atoms with Gasteiger partial charge in [-0.1, -0.05) is 0 Å². The van der Waals surface area contributed by atoms with E-state index in [4.69, 9.17) is 9.88 Å². The van der Waals surface area contributed by atoms with Crippen LogP contribution in [0.5, 0.6) is 0 Å². The summed E-state index contributed by atoms with van der Waals surface area (Å²) in [5.41, 5.74) is 0.947. The number of nitrogens with two attached hydrogens (primary N) is 1. The number of sulfonamides is 1. The Balaban J connectivity index is 2.09. The molecule has 0 aliphatic heterocycles. The molecular formula is C20H19FN4O5S. The van der Waals surface area contributed by atoms with E-state index in [0.29, 0.717) is 11.4 Å². The van der Waals surface area contributed by atoms with Crippen LogP contribution in [0, 0.1) is 5.82 Å². The number of esters is 1. The Morgan fingerprint density at radius 1 is 1.16 bits per heavy atom. The van der Waals surface area contributed by atoms with E-state index in [1.54, 1.807) is 6.92 Å². The van der Waals surface area contributed by atoms with Crippen LogP contribution in [-0.4, -0.2) is 37.0 Å². The maximum atomic E-state index is 13.3. The number of hydrogen-bond donors (Lipinski definition) is 2. The summed E-state index contributed by atoms with van der Waals surface area (Å²) in [4.78, 5) is 29.2. The lowest BCUT2D eigenvalue weighted by Gasteiger charge is -2.03. The number of benzene rings is 2. The molecule has 9 nitrogen and oxygen atoms in total. The Labute approximate surface area is 177 Å². The highest BCUT2D eigenvalue weighted by Gasteiger charge is 2.20. The minimum atomic E-state index is -3.85.